The van der Waals surface area contributed by atoms with Gasteiger partial charge in [0.25, 0.3) is 11.8 Å². The number of hydrogen-bond acceptors (Lipinski definition) is 6. The van der Waals surface area contributed by atoms with Gasteiger partial charge in [-0.2, -0.15) is 4.98 Å². The number of aromatic nitrogens is 2. The van der Waals surface area contributed by atoms with Gasteiger partial charge in [-0.3, -0.25) is 4.79 Å². The molecule has 1 amide bonds. The Morgan fingerprint density at radius 1 is 1.27 bits per heavy atom. The van der Waals surface area contributed by atoms with Crippen LogP contribution in [-0.4, -0.2) is 53.9 Å². The van der Waals surface area contributed by atoms with Gasteiger partial charge < -0.3 is 18.9 Å². The van der Waals surface area contributed by atoms with Gasteiger partial charge in [0.2, 0.25) is 0 Å². The quantitative estimate of drug-likeness (QED) is 0.819. The molecule has 138 valence electrons. The van der Waals surface area contributed by atoms with Gasteiger partial charge in [0.05, 0.1) is 6.61 Å². The fourth-order valence-corrected chi connectivity index (χ4v) is 3.35. The van der Waals surface area contributed by atoms with Gasteiger partial charge in [-0.1, -0.05) is 11.2 Å². The Kier molecular flexibility index (Phi) is 5.15. The number of hydrogen-bond donors (Lipinski definition) is 0. The third kappa shape index (κ3) is 3.88. The van der Waals surface area contributed by atoms with Crippen LogP contribution in [-0.2, 0) is 9.53 Å². The van der Waals surface area contributed by atoms with E-state index in [0.717, 1.165) is 44.5 Å². The molecule has 7 heteroatoms. The minimum absolute atomic E-state index is 0.0383. The summed E-state index contributed by atoms with van der Waals surface area (Å²) in [5.74, 6) is 2.01. The van der Waals surface area contributed by atoms with E-state index in [4.69, 9.17) is 14.0 Å². The SMILES string of the molecule is O=C(COc1cccc(-c2nc([C@H]3CCOC3)no2)c1)N1CCCCC1. The fourth-order valence-electron chi connectivity index (χ4n) is 3.35. The second kappa shape index (κ2) is 7.86. The Bertz CT molecular complexity index is 749. The molecule has 3 heterocycles. The summed E-state index contributed by atoms with van der Waals surface area (Å²) in [7, 11) is 0. The molecule has 0 N–H and O–H groups in total. The Morgan fingerprint density at radius 3 is 2.96 bits per heavy atom. The van der Waals surface area contributed by atoms with Crippen molar-refractivity contribution in [3.63, 3.8) is 0 Å². The summed E-state index contributed by atoms with van der Waals surface area (Å²) >= 11 is 0. The van der Waals surface area contributed by atoms with Crippen LogP contribution in [0.2, 0.25) is 0 Å². The molecule has 0 radical (unpaired) electrons. The average molecular weight is 357 g/mol. The van der Waals surface area contributed by atoms with Crippen molar-refractivity contribution in [2.45, 2.75) is 31.6 Å². The second-order valence-electron chi connectivity index (χ2n) is 6.78. The highest BCUT2D eigenvalue weighted by molar-refractivity contribution is 5.77. The molecule has 4 rings (SSSR count). The van der Waals surface area contributed by atoms with Crippen LogP contribution in [0.5, 0.6) is 5.75 Å². The third-order valence-corrected chi connectivity index (χ3v) is 4.89. The zero-order valence-electron chi connectivity index (χ0n) is 14.7. The number of nitrogens with zero attached hydrogens (tertiary/aromatic N) is 3. The molecule has 7 nitrogen and oxygen atoms in total. The largest absolute Gasteiger partial charge is 0.484 e. The van der Waals surface area contributed by atoms with Crippen molar-refractivity contribution < 1.29 is 18.8 Å². The highest BCUT2D eigenvalue weighted by Gasteiger charge is 2.23. The highest BCUT2D eigenvalue weighted by atomic mass is 16.5. The summed E-state index contributed by atoms with van der Waals surface area (Å²) in [6, 6.07) is 7.40. The van der Waals surface area contributed by atoms with Crippen LogP contribution in [0.15, 0.2) is 28.8 Å². The first-order chi connectivity index (χ1) is 12.8. The lowest BCUT2D eigenvalue weighted by Crippen LogP contribution is -2.38. The van der Waals surface area contributed by atoms with E-state index in [1.54, 1.807) is 0 Å². The van der Waals surface area contributed by atoms with E-state index < -0.39 is 0 Å². The van der Waals surface area contributed by atoms with Crippen LogP contribution < -0.4 is 4.74 Å². The topological polar surface area (TPSA) is 77.7 Å². The molecule has 2 aliphatic heterocycles. The standard InChI is InChI=1S/C19H23N3O4/c23-17(22-8-2-1-3-9-22)13-25-16-6-4-5-14(11-16)19-20-18(21-26-19)15-7-10-24-12-15/h4-6,11,15H,1-3,7-10,12-13H2/t15-/m0/s1. The molecule has 0 bridgehead atoms. The number of piperidine rings is 1. The van der Waals surface area contributed by atoms with Crippen molar-refractivity contribution in [1.82, 2.24) is 15.0 Å². The molecule has 0 aliphatic carbocycles. The van der Waals surface area contributed by atoms with E-state index in [2.05, 4.69) is 10.1 Å². The molecule has 1 aromatic carbocycles. The number of rotatable bonds is 5. The van der Waals surface area contributed by atoms with Gasteiger partial charge in [0, 0.05) is 31.2 Å². The summed E-state index contributed by atoms with van der Waals surface area (Å²) in [6.07, 6.45) is 4.27. The number of carbonyl (C=O) groups excluding carboxylic acids is 1. The number of likely N-dealkylation sites (tertiary alicyclic amines) is 1. The highest BCUT2D eigenvalue weighted by Crippen LogP contribution is 2.27. The molecule has 2 fully saturated rings. The summed E-state index contributed by atoms with van der Waals surface area (Å²) in [6.45, 7) is 3.09. The fraction of sp³-hybridized carbons (Fsp3) is 0.526. The summed E-state index contributed by atoms with van der Waals surface area (Å²) in [4.78, 5) is 18.6. The molecule has 26 heavy (non-hydrogen) atoms. The third-order valence-electron chi connectivity index (χ3n) is 4.89. The number of amides is 1. The average Bonchev–Trinajstić information content (AvgIpc) is 3.38. The van der Waals surface area contributed by atoms with Crippen molar-refractivity contribution in [1.29, 1.82) is 0 Å². The van der Waals surface area contributed by atoms with Crippen LogP contribution >= 0.6 is 0 Å². The maximum atomic E-state index is 12.2. The molecule has 1 atom stereocenters. The predicted octanol–water partition coefficient (Wildman–Crippen LogP) is 2.63. The maximum absolute atomic E-state index is 12.2. The second-order valence-corrected chi connectivity index (χ2v) is 6.78. The molecular weight excluding hydrogens is 334 g/mol. The molecular formula is C19H23N3O4. The van der Waals surface area contributed by atoms with Crippen molar-refractivity contribution in [3.05, 3.63) is 30.1 Å². The summed E-state index contributed by atoms with van der Waals surface area (Å²) in [5.41, 5.74) is 0.783. The maximum Gasteiger partial charge on any atom is 0.260 e. The predicted molar refractivity (Wildman–Crippen MR) is 93.8 cm³/mol. The van der Waals surface area contributed by atoms with Gasteiger partial charge in [-0.15, -0.1) is 0 Å². The van der Waals surface area contributed by atoms with Gasteiger partial charge in [-0.25, -0.2) is 0 Å². The molecule has 2 aromatic rings. The molecule has 2 aliphatic rings. The van der Waals surface area contributed by atoms with Gasteiger partial charge >= 0.3 is 0 Å². The lowest BCUT2D eigenvalue weighted by molar-refractivity contribution is -0.134. The van der Waals surface area contributed by atoms with Gasteiger partial charge in [-0.05, 0) is 43.9 Å². The van der Waals surface area contributed by atoms with E-state index in [-0.39, 0.29) is 18.4 Å². The van der Waals surface area contributed by atoms with Crippen LogP contribution in [0.1, 0.15) is 37.4 Å². The van der Waals surface area contributed by atoms with Crippen LogP contribution in [0, 0.1) is 0 Å². The molecule has 0 spiro atoms. The van der Waals surface area contributed by atoms with E-state index >= 15 is 0 Å². The molecule has 2 saturated heterocycles. The first-order valence-electron chi connectivity index (χ1n) is 9.22. The van der Waals surface area contributed by atoms with Crippen molar-refractivity contribution in [2.24, 2.45) is 0 Å². The van der Waals surface area contributed by atoms with Gasteiger partial charge in [0.15, 0.2) is 12.4 Å². The molecule has 0 saturated carbocycles. The minimum Gasteiger partial charge on any atom is -0.484 e. The Labute approximate surface area is 152 Å². The van der Waals surface area contributed by atoms with Crippen LogP contribution in [0.3, 0.4) is 0 Å². The molecule has 1 aromatic heterocycles. The van der Waals surface area contributed by atoms with Crippen molar-refractivity contribution >= 4 is 5.91 Å². The van der Waals surface area contributed by atoms with Gasteiger partial charge in [0.1, 0.15) is 5.75 Å². The van der Waals surface area contributed by atoms with E-state index in [1.807, 2.05) is 29.2 Å². The van der Waals surface area contributed by atoms with Crippen LogP contribution in [0.4, 0.5) is 0 Å². The Balaban J connectivity index is 1.39. The lowest BCUT2D eigenvalue weighted by Gasteiger charge is -2.26. The summed E-state index contributed by atoms with van der Waals surface area (Å²) < 4.78 is 16.5. The lowest BCUT2D eigenvalue weighted by atomic mass is 10.1. The first-order valence-corrected chi connectivity index (χ1v) is 9.22. The van der Waals surface area contributed by atoms with E-state index in [1.165, 1.54) is 6.42 Å². The number of benzene rings is 1. The van der Waals surface area contributed by atoms with Crippen LogP contribution in [0.25, 0.3) is 11.5 Å². The monoisotopic (exact) mass is 357 g/mol. The Morgan fingerprint density at radius 2 is 2.15 bits per heavy atom. The number of ether oxygens (including phenoxy) is 2. The first kappa shape index (κ1) is 17.0. The summed E-state index contributed by atoms with van der Waals surface area (Å²) in [5, 5.41) is 4.07. The molecule has 0 unspecified atom stereocenters. The zero-order valence-corrected chi connectivity index (χ0v) is 14.7. The zero-order chi connectivity index (χ0) is 17.8. The number of carbonyl (C=O) groups is 1. The smallest absolute Gasteiger partial charge is 0.260 e. The normalized spacial score (nSPS) is 20.3. The minimum atomic E-state index is 0.0383. The van der Waals surface area contributed by atoms with Crippen molar-refractivity contribution in [3.8, 4) is 17.2 Å². The Hall–Kier alpha value is -2.41. The van der Waals surface area contributed by atoms with E-state index in [9.17, 15) is 4.79 Å². The van der Waals surface area contributed by atoms with Crippen molar-refractivity contribution in [2.75, 3.05) is 32.9 Å². The van der Waals surface area contributed by atoms with E-state index in [0.29, 0.717) is 24.1 Å².